The zero-order valence-electron chi connectivity index (χ0n) is 9.45. The SMILES string of the molecule is Cc1ccc(Nc2ncc(C(=O)Cl)cc2Cl)cn1. The molecule has 0 aliphatic rings. The summed E-state index contributed by atoms with van der Waals surface area (Å²) in [5.41, 5.74) is 1.94. The first-order valence-corrected chi connectivity index (χ1v) is 5.87. The van der Waals surface area contributed by atoms with Crippen molar-refractivity contribution in [3.05, 3.63) is 46.9 Å². The molecule has 4 nitrogen and oxygen atoms in total. The van der Waals surface area contributed by atoms with E-state index in [0.29, 0.717) is 10.8 Å². The van der Waals surface area contributed by atoms with Gasteiger partial charge in [-0.05, 0) is 36.7 Å². The van der Waals surface area contributed by atoms with E-state index in [-0.39, 0.29) is 5.56 Å². The third-order valence-corrected chi connectivity index (χ3v) is 2.75. The molecule has 0 unspecified atom stereocenters. The highest BCUT2D eigenvalue weighted by molar-refractivity contribution is 6.67. The van der Waals surface area contributed by atoms with Gasteiger partial charge in [0.25, 0.3) is 5.24 Å². The van der Waals surface area contributed by atoms with E-state index in [1.54, 1.807) is 6.20 Å². The first-order valence-electron chi connectivity index (χ1n) is 5.11. The maximum absolute atomic E-state index is 10.9. The number of nitrogens with one attached hydrogen (secondary N) is 1. The van der Waals surface area contributed by atoms with Crippen LogP contribution >= 0.6 is 23.2 Å². The standard InChI is InChI=1S/C12H9Cl2N3O/c1-7-2-3-9(6-15-7)17-12-10(13)4-8(5-16-12)11(14)18/h2-6H,1H3,(H,16,17). The molecule has 0 fully saturated rings. The highest BCUT2D eigenvalue weighted by Gasteiger charge is 2.08. The van der Waals surface area contributed by atoms with Crippen LogP contribution in [-0.4, -0.2) is 15.2 Å². The lowest BCUT2D eigenvalue weighted by Crippen LogP contribution is -1.98. The Balaban J connectivity index is 2.24. The van der Waals surface area contributed by atoms with Crippen molar-refractivity contribution < 1.29 is 4.79 Å². The van der Waals surface area contributed by atoms with Gasteiger partial charge in [0, 0.05) is 11.9 Å². The molecule has 0 saturated carbocycles. The molecule has 2 rings (SSSR count). The van der Waals surface area contributed by atoms with Crippen LogP contribution in [0.5, 0.6) is 0 Å². The van der Waals surface area contributed by atoms with Crippen molar-refractivity contribution in [3.63, 3.8) is 0 Å². The summed E-state index contributed by atoms with van der Waals surface area (Å²) in [6.07, 6.45) is 3.04. The molecule has 2 aromatic rings. The number of aryl methyl sites for hydroxylation is 1. The number of hydrogen-bond acceptors (Lipinski definition) is 4. The van der Waals surface area contributed by atoms with E-state index >= 15 is 0 Å². The molecule has 0 saturated heterocycles. The van der Waals surface area contributed by atoms with Gasteiger partial charge in [0.1, 0.15) is 5.82 Å². The number of pyridine rings is 2. The maximum atomic E-state index is 10.9. The number of carbonyl (C=O) groups excluding carboxylic acids is 1. The number of anilines is 2. The summed E-state index contributed by atoms with van der Waals surface area (Å²) in [5, 5.41) is 2.74. The van der Waals surface area contributed by atoms with Gasteiger partial charge in [0.2, 0.25) is 0 Å². The number of hydrogen-bond donors (Lipinski definition) is 1. The fourth-order valence-corrected chi connectivity index (χ4v) is 1.63. The van der Waals surface area contributed by atoms with E-state index in [1.807, 2.05) is 19.1 Å². The largest absolute Gasteiger partial charge is 0.338 e. The van der Waals surface area contributed by atoms with Gasteiger partial charge in [-0.2, -0.15) is 0 Å². The van der Waals surface area contributed by atoms with Crippen LogP contribution in [0, 0.1) is 6.92 Å². The summed E-state index contributed by atoms with van der Waals surface area (Å²) < 4.78 is 0. The predicted octanol–water partition coefficient (Wildman–Crippen LogP) is 3.56. The Bertz CT molecular complexity index is 584. The second-order valence-electron chi connectivity index (χ2n) is 3.64. The van der Waals surface area contributed by atoms with Gasteiger partial charge < -0.3 is 5.32 Å². The molecular formula is C12H9Cl2N3O. The fourth-order valence-electron chi connectivity index (χ4n) is 1.32. The van der Waals surface area contributed by atoms with Crippen LogP contribution in [0.1, 0.15) is 16.1 Å². The molecule has 2 aromatic heterocycles. The average molecular weight is 282 g/mol. The molecule has 0 spiro atoms. The Hall–Kier alpha value is -1.65. The average Bonchev–Trinajstić information content (AvgIpc) is 2.34. The summed E-state index contributed by atoms with van der Waals surface area (Å²) in [4.78, 5) is 19.1. The van der Waals surface area contributed by atoms with Crippen LogP contribution in [0.4, 0.5) is 11.5 Å². The first kappa shape index (κ1) is 12.8. The Morgan fingerprint density at radius 2 is 2.06 bits per heavy atom. The van der Waals surface area contributed by atoms with Gasteiger partial charge >= 0.3 is 0 Å². The molecule has 0 aliphatic carbocycles. The summed E-state index contributed by atoms with van der Waals surface area (Å²) in [5.74, 6) is 0.448. The van der Waals surface area contributed by atoms with Crippen molar-refractivity contribution in [1.29, 1.82) is 0 Å². The van der Waals surface area contributed by atoms with Gasteiger partial charge in [0.05, 0.1) is 22.5 Å². The minimum absolute atomic E-state index is 0.259. The van der Waals surface area contributed by atoms with Crippen LogP contribution in [0.3, 0.4) is 0 Å². The maximum Gasteiger partial charge on any atom is 0.253 e. The van der Waals surface area contributed by atoms with Crippen LogP contribution in [-0.2, 0) is 0 Å². The van der Waals surface area contributed by atoms with Crippen molar-refractivity contribution in [2.24, 2.45) is 0 Å². The molecule has 0 aliphatic heterocycles. The monoisotopic (exact) mass is 281 g/mol. The molecule has 92 valence electrons. The van der Waals surface area contributed by atoms with Crippen molar-refractivity contribution in [2.45, 2.75) is 6.92 Å². The Morgan fingerprint density at radius 3 is 2.61 bits per heavy atom. The van der Waals surface area contributed by atoms with E-state index in [4.69, 9.17) is 23.2 Å². The summed E-state index contributed by atoms with van der Waals surface area (Å²) in [6.45, 7) is 1.90. The topological polar surface area (TPSA) is 54.9 Å². The van der Waals surface area contributed by atoms with Crippen molar-refractivity contribution in [2.75, 3.05) is 5.32 Å². The molecule has 0 amide bonds. The molecule has 6 heteroatoms. The van der Waals surface area contributed by atoms with Crippen LogP contribution in [0.15, 0.2) is 30.6 Å². The van der Waals surface area contributed by atoms with Gasteiger partial charge in [-0.25, -0.2) is 4.98 Å². The smallest absolute Gasteiger partial charge is 0.253 e. The second-order valence-corrected chi connectivity index (χ2v) is 4.39. The van der Waals surface area contributed by atoms with E-state index in [0.717, 1.165) is 11.4 Å². The van der Waals surface area contributed by atoms with Gasteiger partial charge in [-0.15, -0.1) is 0 Å². The molecule has 2 heterocycles. The number of rotatable bonds is 3. The summed E-state index contributed by atoms with van der Waals surface area (Å²) >= 11 is 11.3. The lowest BCUT2D eigenvalue weighted by atomic mass is 10.3. The first-order chi connectivity index (χ1) is 8.56. The van der Waals surface area contributed by atoms with Crippen LogP contribution in [0.2, 0.25) is 5.02 Å². The Labute approximate surface area is 114 Å². The van der Waals surface area contributed by atoms with E-state index in [2.05, 4.69) is 15.3 Å². The van der Waals surface area contributed by atoms with Crippen molar-refractivity contribution in [1.82, 2.24) is 9.97 Å². The lowest BCUT2D eigenvalue weighted by Gasteiger charge is -2.07. The minimum Gasteiger partial charge on any atom is -0.338 e. The van der Waals surface area contributed by atoms with Crippen molar-refractivity contribution >= 4 is 39.9 Å². The number of carbonyl (C=O) groups is 1. The van der Waals surface area contributed by atoms with E-state index in [1.165, 1.54) is 12.3 Å². The molecular weight excluding hydrogens is 273 g/mol. The van der Waals surface area contributed by atoms with Gasteiger partial charge in [-0.1, -0.05) is 11.6 Å². The van der Waals surface area contributed by atoms with Gasteiger partial charge in [0.15, 0.2) is 0 Å². The van der Waals surface area contributed by atoms with Crippen LogP contribution in [0.25, 0.3) is 0 Å². The van der Waals surface area contributed by atoms with Gasteiger partial charge in [-0.3, -0.25) is 9.78 Å². The van der Waals surface area contributed by atoms with Crippen molar-refractivity contribution in [3.8, 4) is 0 Å². The fraction of sp³-hybridized carbons (Fsp3) is 0.0833. The van der Waals surface area contributed by atoms with E-state index < -0.39 is 5.24 Å². The Morgan fingerprint density at radius 1 is 1.28 bits per heavy atom. The second kappa shape index (κ2) is 5.33. The normalized spacial score (nSPS) is 10.2. The quantitative estimate of drug-likeness (QED) is 0.874. The zero-order chi connectivity index (χ0) is 13.1. The lowest BCUT2D eigenvalue weighted by molar-refractivity contribution is 0.108. The molecule has 18 heavy (non-hydrogen) atoms. The minimum atomic E-state index is -0.590. The molecule has 0 atom stereocenters. The molecule has 0 aromatic carbocycles. The number of aromatic nitrogens is 2. The third-order valence-electron chi connectivity index (χ3n) is 2.24. The number of nitrogens with zero attached hydrogens (tertiary/aromatic N) is 2. The highest BCUT2D eigenvalue weighted by Crippen LogP contribution is 2.24. The van der Waals surface area contributed by atoms with E-state index in [9.17, 15) is 4.79 Å². The summed E-state index contributed by atoms with van der Waals surface area (Å²) in [7, 11) is 0. The zero-order valence-corrected chi connectivity index (χ0v) is 11.0. The predicted molar refractivity (Wildman–Crippen MR) is 71.7 cm³/mol. The molecule has 1 N–H and O–H groups in total. The Kier molecular flexibility index (Phi) is 3.79. The third kappa shape index (κ3) is 2.97. The molecule has 0 bridgehead atoms. The summed E-state index contributed by atoms with van der Waals surface area (Å²) in [6, 6.07) is 5.20. The molecule has 0 radical (unpaired) electrons. The highest BCUT2D eigenvalue weighted by atomic mass is 35.5. The van der Waals surface area contributed by atoms with Crippen LogP contribution < -0.4 is 5.32 Å². The number of halogens is 2.